The monoisotopic (exact) mass is 390 g/mol. The highest BCUT2D eigenvalue weighted by Gasteiger charge is 2.19. The van der Waals surface area contributed by atoms with Crippen molar-refractivity contribution in [3.8, 4) is 0 Å². The van der Waals surface area contributed by atoms with Gasteiger partial charge >= 0.3 is 0 Å². The zero-order valence-corrected chi connectivity index (χ0v) is 16.8. The third-order valence-electron chi connectivity index (χ3n) is 4.57. The van der Waals surface area contributed by atoms with E-state index in [-0.39, 0.29) is 5.91 Å². The molecule has 0 aliphatic heterocycles. The van der Waals surface area contributed by atoms with E-state index in [2.05, 4.69) is 38.9 Å². The van der Waals surface area contributed by atoms with Crippen molar-refractivity contribution < 1.29 is 4.79 Å². The van der Waals surface area contributed by atoms with Crippen molar-refractivity contribution in [3.05, 3.63) is 75.7 Å². The summed E-state index contributed by atoms with van der Waals surface area (Å²) in [7, 11) is 0. The van der Waals surface area contributed by atoms with E-state index >= 15 is 0 Å². The Morgan fingerprint density at radius 3 is 2.61 bits per heavy atom. The number of para-hydroxylation sites is 2. The van der Waals surface area contributed by atoms with E-state index in [0.717, 1.165) is 41.1 Å². The first-order valence-electron chi connectivity index (χ1n) is 9.42. The van der Waals surface area contributed by atoms with Crippen LogP contribution >= 0.6 is 11.3 Å². The molecule has 4 rings (SSSR count). The summed E-state index contributed by atoms with van der Waals surface area (Å²) in [5, 5.41) is 3.94. The average molecular weight is 391 g/mol. The van der Waals surface area contributed by atoms with Crippen molar-refractivity contribution in [2.75, 3.05) is 5.32 Å². The van der Waals surface area contributed by atoms with Crippen molar-refractivity contribution in [1.29, 1.82) is 0 Å². The van der Waals surface area contributed by atoms with Gasteiger partial charge in [0.15, 0.2) is 0 Å². The van der Waals surface area contributed by atoms with Gasteiger partial charge in [0, 0.05) is 13.0 Å². The number of aryl methyl sites for hydroxylation is 2. The Morgan fingerprint density at radius 2 is 1.82 bits per heavy atom. The first kappa shape index (κ1) is 18.4. The normalized spacial score (nSPS) is 11.1. The van der Waals surface area contributed by atoms with Crippen LogP contribution in [0.3, 0.4) is 0 Å². The van der Waals surface area contributed by atoms with Crippen LogP contribution in [0.5, 0.6) is 0 Å². The number of carbonyl (C=O) groups is 1. The lowest BCUT2D eigenvalue weighted by atomic mass is 10.2. The van der Waals surface area contributed by atoms with Crippen molar-refractivity contribution in [1.82, 2.24) is 14.5 Å². The number of fused-ring (bicyclic) bond motifs is 1. The second kappa shape index (κ2) is 7.94. The average Bonchev–Trinajstić information content (AvgIpc) is 3.23. The lowest BCUT2D eigenvalue weighted by Gasteiger charge is -2.08. The molecule has 28 heavy (non-hydrogen) atoms. The fourth-order valence-corrected chi connectivity index (χ4v) is 4.28. The maximum absolute atomic E-state index is 12.9. The number of thiazole rings is 1. The number of anilines is 1. The van der Waals surface area contributed by atoms with Crippen LogP contribution in [0, 0.1) is 6.92 Å². The quantitative estimate of drug-likeness (QED) is 0.501. The Morgan fingerprint density at radius 1 is 1.07 bits per heavy atom. The van der Waals surface area contributed by atoms with Crippen molar-refractivity contribution in [2.24, 2.45) is 0 Å². The summed E-state index contributed by atoms with van der Waals surface area (Å²) < 4.78 is 2.06. The van der Waals surface area contributed by atoms with Crippen LogP contribution < -0.4 is 5.32 Å². The molecule has 0 saturated carbocycles. The van der Waals surface area contributed by atoms with Gasteiger partial charge in [-0.3, -0.25) is 10.1 Å². The minimum atomic E-state index is -0.151. The molecule has 2 aromatic heterocycles. The molecular weight excluding hydrogens is 368 g/mol. The molecule has 0 radical (unpaired) electrons. The second-order valence-corrected chi connectivity index (χ2v) is 7.80. The zero-order valence-electron chi connectivity index (χ0n) is 16.0. The molecule has 0 saturated heterocycles. The number of benzene rings is 2. The third-order valence-corrected chi connectivity index (χ3v) is 5.73. The van der Waals surface area contributed by atoms with E-state index in [0.29, 0.717) is 10.8 Å². The van der Waals surface area contributed by atoms with Crippen LogP contribution in [-0.2, 0) is 13.0 Å². The Kier molecular flexibility index (Phi) is 5.21. The Hall–Kier alpha value is -2.99. The number of nitrogens with zero attached hydrogens (tertiary/aromatic N) is 3. The maximum Gasteiger partial charge on any atom is 0.269 e. The number of imidazole rings is 1. The first-order chi connectivity index (χ1) is 13.7. The summed E-state index contributed by atoms with van der Waals surface area (Å²) in [6.45, 7) is 4.80. The van der Waals surface area contributed by atoms with Gasteiger partial charge < -0.3 is 4.57 Å². The summed E-state index contributed by atoms with van der Waals surface area (Å²) in [5.74, 6) is 0.437. The number of hydrogen-bond donors (Lipinski definition) is 1. The Labute approximate surface area is 168 Å². The van der Waals surface area contributed by atoms with Crippen LogP contribution in [0.25, 0.3) is 11.0 Å². The molecule has 2 aromatic carbocycles. The van der Waals surface area contributed by atoms with Gasteiger partial charge in [0.2, 0.25) is 5.95 Å². The van der Waals surface area contributed by atoms with E-state index in [1.807, 2.05) is 49.4 Å². The van der Waals surface area contributed by atoms with E-state index in [9.17, 15) is 4.79 Å². The second-order valence-electron chi connectivity index (χ2n) is 6.71. The number of nitrogens with one attached hydrogen (secondary N) is 1. The first-order valence-corrected chi connectivity index (χ1v) is 10.2. The highest BCUT2D eigenvalue weighted by atomic mass is 32.1. The molecule has 0 atom stereocenters. The minimum absolute atomic E-state index is 0.151. The van der Waals surface area contributed by atoms with Crippen LogP contribution in [0.1, 0.15) is 39.3 Å². The third kappa shape index (κ3) is 3.68. The minimum Gasteiger partial charge on any atom is -0.310 e. The fourth-order valence-electron chi connectivity index (χ4n) is 3.29. The van der Waals surface area contributed by atoms with Gasteiger partial charge in [0.05, 0.1) is 21.7 Å². The molecule has 6 heteroatoms. The molecule has 4 aromatic rings. The topological polar surface area (TPSA) is 59.8 Å². The summed E-state index contributed by atoms with van der Waals surface area (Å²) in [6.07, 6.45) is 1.69. The Bertz CT molecular complexity index is 1110. The van der Waals surface area contributed by atoms with E-state index in [4.69, 9.17) is 0 Å². The number of amides is 1. The van der Waals surface area contributed by atoms with E-state index < -0.39 is 0 Å². The molecule has 1 N–H and O–H groups in total. The van der Waals surface area contributed by atoms with E-state index in [1.165, 1.54) is 16.9 Å². The van der Waals surface area contributed by atoms with E-state index in [1.54, 1.807) is 0 Å². The largest absolute Gasteiger partial charge is 0.310 e. The van der Waals surface area contributed by atoms with Gasteiger partial charge in [-0.2, -0.15) is 0 Å². The number of carbonyl (C=O) groups excluding carboxylic acids is 1. The summed E-state index contributed by atoms with van der Waals surface area (Å²) in [4.78, 5) is 22.8. The zero-order chi connectivity index (χ0) is 19.5. The molecule has 5 nitrogen and oxygen atoms in total. The highest BCUT2D eigenvalue weighted by molar-refractivity contribution is 7.14. The molecule has 0 bridgehead atoms. The van der Waals surface area contributed by atoms with Gasteiger partial charge in [-0.05, 0) is 31.0 Å². The predicted octanol–water partition coefficient (Wildman–Crippen LogP) is 5.05. The number of rotatable bonds is 6. The molecule has 1 amide bonds. The highest BCUT2D eigenvalue weighted by Crippen LogP contribution is 2.24. The van der Waals surface area contributed by atoms with Crippen molar-refractivity contribution in [3.63, 3.8) is 0 Å². The van der Waals surface area contributed by atoms with Crippen LogP contribution in [0.2, 0.25) is 0 Å². The predicted molar refractivity (Wildman–Crippen MR) is 114 cm³/mol. The SMILES string of the molecule is CCCn1c(NC(=O)c2sc(Cc3ccccc3)nc2C)nc2ccccc21. The van der Waals surface area contributed by atoms with Crippen LogP contribution in [-0.4, -0.2) is 20.4 Å². The van der Waals surface area contributed by atoms with Gasteiger partial charge in [-0.1, -0.05) is 49.4 Å². The molecular formula is C22H22N4OS. The smallest absolute Gasteiger partial charge is 0.269 e. The lowest BCUT2D eigenvalue weighted by Crippen LogP contribution is -2.16. The molecule has 0 aliphatic rings. The molecule has 142 valence electrons. The van der Waals surface area contributed by atoms with Gasteiger partial charge in [0.1, 0.15) is 4.88 Å². The van der Waals surface area contributed by atoms with Gasteiger partial charge in [0.25, 0.3) is 5.91 Å². The molecule has 0 fully saturated rings. The standard InChI is InChI=1S/C22H22N4OS/c1-3-13-26-18-12-8-7-11-17(18)24-22(26)25-21(27)20-15(2)23-19(28-20)14-16-9-5-4-6-10-16/h4-12H,3,13-14H2,1-2H3,(H,24,25,27). The fraction of sp³-hybridized carbons (Fsp3) is 0.227. The summed E-state index contributed by atoms with van der Waals surface area (Å²) in [5.41, 5.74) is 3.86. The lowest BCUT2D eigenvalue weighted by molar-refractivity contribution is 0.102. The van der Waals surface area contributed by atoms with Crippen molar-refractivity contribution >= 4 is 34.2 Å². The molecule has 0 spiro atoms. The van der Waals surface area contributed by atoms with Crippen molar-refractivity contribution in [2.45, 2.75) is 33.2 Å². The summed E-state index contributed by atoms with van der Waals surface area (Å²) >= 11 is 1.45. The van der Waals surface area contributed by atoms with Gasteiger partial charge in [-0.25, -0.2) is 9.97 Å². The van der Waals surface area contributed by atoms with Crippen LogP contribution in [0.15, 0.2) is 54.6 Å². The molecule has 0 unspecified atom stereocenters. The number of hydrogen-bond acceptors (Lipinski definition) is 4. The Balaban J connectivity index is 1.59. The molecule has 0 aliphatic carbocycles. The summed E-state index contributed by atoms with van der Waals surface area (Å²) in [6, 6.07) is 18.1. The van der Waals surface area contributed by atoms with Gasteiger partial charge in [-0.15, -0.1) is 11.3 Å². The molecule has 2 heterocycles. The van der Waals surface area contributed by atoms with Crippen LogP contribution in [0.4, 0.5) is 5.95 Å². The number of aromatic nitrogens is 3. The maximum atomic E-state index is 12.9.